The van der Waals surface area contributed by atoms with E-state index in [0.717, 1.165) is 11.1 Å². The number of carbonyl (C=O) groups is 3. The van der Waals surface area contributed by atoms with Gasteiger partial charge in [0.1, 0.15) is 17.9 Å². The van der Waals surface area contributed by atoms with Gasteiger partial charge in [-0.3, -0.25) is 9.59 Å². The number of methoxy groups -OCH3 is 1. The molecule has 0 spiro atoms. The highest BCUT2D eigenvalue weighted by Crippen LogP contribution is 2.21. The fourth-order valence-corrected chi connectivity index (χ4v) is 3.69. The van der Waals surface area contributed by atoms with Gasteiger partial charge in [0.05, 0.1) is 19.3 Å². The summed E-state index contributed by atoms with van der Waals surface area (Å²) in [6.45, 7) is 1.92. The molecule has 186 valence electrons. The summed E-state index contributed by atoms with van der Waals surface area (Å²) < 4.78 is 5.11. The zero-order chi connectivity index (χ0) is 25.5. The molecule has 4 atom stereocenters. The molecule has 0 bridgehead atoms. The fraction of sp³-hybridized carbons (Fsp3) is 0.320. The number of aliphatic hydroxyl groups excluding tert-OH is 2. The molecule has 0 saturated carbocycles. The van der Waals surface area contributed by atoms with Crippen LogP contribution in [0.1, 0.15) is 17.5 Å². The third-order valence-corrected chi connectivity index (χ3v) is 5.72. The molecule has 0 heterocycles. The molecule has 1 aliphatic rings. The Bertz CT molecular complexity index is 1080. The molecule has 1 aliphatic carbocycles. The van der Waals surface area contributed by atoms with Crippen LogP contribution in [0.5, 0.6) is 5.75 Å². The predicted molar refractivity (Wildman–Crippen MR) is 130 cm³/mol. The van der Waals surface area contributed by atoms with Crippen LogP contribution in [0.15, 0.2) is 60.2 Å². The Morgan fingerprint density at radius 2 is 1.74 bits per heavy atom. The number of nitrogens with one attached hydrogen (secondary N) is 3. The topological polar surface area (TPSA) is 163 Å². The molecule has 0 aromatic heterocycles. The van der Waals surface area contributed by atoms with Gasteiger partial charge >= 0.3 is 6.03 Å². The van der Waals surface area contributed by atoms with Crippen LogP contribution in [0.25, 0.3) is 0 Å². The predicted octanol–water partition coefficient (Wildman–Crippen LogP) is 0.758. The number of hydrogen-bond donors (Lipinski definition) is 6. The molecular formula is C25H30N4O6. The van der Waals surface area contributed by atoms with E-state index in [0.29, 0.717) is 11.4 Å². The molecule has 0 saturated heterocycles. The monoisotopic (exact) mass is 482 g/mol. The van der Waals surface area contributed by atoms with E-state index < -0.39 is 42.1 Å². The Morgan fingerprint density at radius 1 is 1.09 bits per heavy atom. The number of aryl methyl sites for hydroxylation is 1. The highest BCUT2D eigenvalue weighted by atomic mass is 16.5. The van der Waals surface area contributed by atoms with Crippen molar-refractivity contribution in [3.63, 3.8) is 0 Å². The zero-order valence-electron chi connectivity index (χ0n) is 19.5. The van der Waals surface area contributed by atoms with Crippen molar-refractivity contribution in [3.05, 3.63) is 71.3 Å². The Morgan fingerprint density at radius 3 is 2.34 bits per heavy atom. The van der Waals surface area contributed by atoms with E-state index >= 15 is 0 Å². The molecule has 35 heavy (non-hydrogen) atoms. The summed E-state index contributed by atoms with van der Waals surface area (Å²) >= 11 is 0. The Kier molecular flexibility index (Phi) is 8.45. The molecule has 10 nitrogen and oxygen atoms in total. The molecule has 0 fully saturated rings. The molecule has 3 rings (SSSR count). The lowest BCUT2D eigenvalue weighted by Gasteiger charge is -2.31. The van der Waals surface area contributed by atoms with Crippen molar-refractivity contribution in [2.24, 2.45) is 5.73 Å². The SMILES string of the molecule is COc1ccc(C[C@H](NC(=O)C2=C[C@H](NC(=O)Nc3ccc(C)cc3)[C@@H](O)[C@H](O)C2)C(N)=O)cc1. The van der Waals surface area contributed by atoms with E-state index in [1.54, 1.807) is 43.5 Å². The van der Waals surface area contributed by atoms with Crippen molar-refractivity contribution >= 4 is 23.5 Å². The number of hydrogen-bond acceptors (Lipinski definition) is 6. The van der Waals surface area contributed by atoms with E-state index in [4.69, 9.17) is 10.5 Å². The molecule has 10 heteroatoms. The van der Waals surface area contributed by atoms with Crippen molar-refractivity contribution in [1.29, 1.82) is 0 Å². The van der Waals surface area contributed by atoms with Gasteiger partial charge in [-0.15, -0.1) is 0 Å². The second-order valence-electron chi connectivity index (χ2n) is 8.42. The maximum Gasteiger partial charge on any atom is 0.319 e. The van der Waals surface area contributed by atoms with Gasteiger partial charge in [0.25, 0.3) is 0 Å². The Balaban J connectivity index is 1.67. The lowest BCUT2D eigenvalue weighted by atomic mass is 9.90. The third kappa shape index (κ3) is 7.05. The number of rotatable bonds is 8. The summed E-state index contributed by atoms with van der Waals surface area (Å²) in [5, 5.41) is 28.4. The van der Waals surface area contributed by atoms with Crippen molar-refractivity contribution < 1.29 is 29.3 Å². The van der Waals surface area contributed by atoms with Crippen LogP contribution >= 0.6 is 0 Å². The van der Waals surface area contributed by atoms with Crippen LogP contribution in [0.3, 0.4) is 0 Å². The van der Waals surface area contributed by atoms with Gasteiger partial charge in [0, 0.05) is 24.1 Å². The van der Waals surface area contributed by atoms with Crippen LogP contribution in [0.2, 0.25) is 0 Å². The second-order valence-corrected chi connectivity index (χ2v) is 8.42. The number of anilines is 1. The molecule has 2 aromatic rings. The number of aliphatic hydroxyl groups is 2. The fourth-order valence-electron chi connectivity index (χ4n) is 3.69. The van der Waals surface area contributed by atoms with E-state index in [1.165, 1.54) is 6.08 Å². The van der Waals surface area contributed by atoms with Gasteiger partial charge in [0.2, 0.25) is 11.8 Å². The van der Waals surface area contributed by atoms with Crippen LogP contribution in [-0.4, -0.2) is 59.5 Å². The lowest BCUT2D eigenvalue weighted by molar-refractivity contribution is -0.125. The maximum atomic E-state index is 12.9. The summed E-state index contributed by atoms with van der Waals surface area (Å²) in [5.74, 6) is -0.699. The lowest BCUT2D eigenvalue weighted by Crippen LogP contribution is -2.53. The van der Waals surface area contributed by atoms with Gasteiger partial charge in [0.15, 0.2) is 0 Å². The largest absolute Gasteiger partial charge is 0.497 e. The third-order valence-electron chi connectivity index (χ3n) is 5.72. The first-order valence-corrected chi connectivity index (χ1v) is 11.1. The molecular weight excluding hydrogens is 452 g/mol. The van der Waals surface area contributed by atoms with Crippen molar-refractivity contribution in [2.75, 3.05) is 12.4 Å². The van der Waals surface area contributed by atoms with Gasteiger partial charge in [-0.05, 0) is 36.8 Å². The van der Waals surface area contributed by atoms with Crippen molar-refractivity contribution in [3.8, 4) is 5.75 Å². The Labute approximate surface area is 203 Å². The van der Waals surface area contributed by atoms with Crippen LogP contribution in [0, 0.1) is 6.92 Å². The van der Waals surface area contributed by atoms with Gasteiger partial charge in [-0.1, -0.05) is 35.9 Å². The molecule has 0 aliphatic heterocycles. The second kappa shape index (κ2) is 11.5. The normalized spacial score (nSPS) is 20.2. The average molecular weight is 483 g/mol. The summed E-state index contributed by atoms with van der Waals surface area (Å²) in [5.41, 5.74) is 7.94. The molecule has 7 N–H and O–H groups in total. The van der Waals surface area contributed by atoms with Crippen LogP contribution in [-0.2, 0) is 16.0 Å². The van der Waals surface area contributed by atoms with Gasteiger partial charge in [-0.2, -0.15) is 0 Å². The molecule has 0 radical (unpaired) electrons. The quantitative estimate of drug-likeness (QED) is 0.325. The van der Waals surface area contributed by atoms with E-state index in [1.807, 2.05) is 19.1 Å². The minimum atomic E-state index is -1.32. The molecule has 2 aromatic carbocycles. The van der Waals surface area contributed by atoms with Gasteiger partial charge < -0.3 is 36.6 Å². The summed E-state index contributed by atoms with van der Waals surface area (Å²) in [4.78, 5) is 37.3. The number of amides is 4. The van der Waals surface area contributed by atoms with E-state index in [9.17, 15) is 24.6 Å². The number of urea groups is 1. The van der Waals surface area contributed by atoms with E-state index in [-0.39, 0.29) is 18.4 Å². The van der Waals surface area contributed by atoms with Crippen LogP contribution in [0.4, 0.5) is 10.5 Å². The number of carbonyl (C=O) groups excluding carboxylic acids is 3. The highest BCUT2D eigenvalue weighted by Gasteiger charge is 2.34. The van der Waals surface area contributed by atoms with Crippen LogP contribution < -0.4 is 26.4 Å². The summed E-state index contributed by atoms with van der Waals surface area (Å²) in [7, 11) is 1.54. The number of primary amides is 1. The van der Waals surface area contributed by atoms with E-state index in [2.05, 4.69) is 16.0 Å². The summed E-state index contributed by atoms with van der Waals surface area (Å²) in [6, 6.07) is 11.4. The van der Waals surface area contributed by atoms with Crippen molar-refractivity contribution in [2.45, 2.75) is 44.1 Å². The smallest absolute Gasteiger partial charge is 0.319 e. The molecule has 0 unspecified atom stereocenters. The number of ether oxygens (including phenoxy) is 1. The number of nitrogens with two attached hydrogens (primary N) is 1. The standard InChI is InChI=1S/C25H30N4O6/c1-14-3-7-17(8-4-14)27-25(34)29-19-12-16(13-21(30)22(19)31)24(33)28-20(23(26)32)11-15-5-9-18(35-2)10-6-15/h3-10,12,19-22,30-31H,11,13H2,1-2H3,(H2,26,32)(H,28,33)(H2,27,29,34)/t19-,20-,21+,22+/m0/s1. The zero-order valence-corrected chi connectivity index (χ0v) is 19.5. The maximum absolute atomic E-state index is 12.9. The molecule has 4 amide bonds. The summed E-state index contributed by atoms with van der Waals surface area (Å²) in [6.07, 6.45) is -1.24. The first-order valence-electron chi connectivity index (χ1n) is 11.1. The van der Waals surface area contributed by atoms with Crippen molar-refractivity contribution in [1.82, 2.24) is 10.6 Å². The van der Waals surface area contributed by atoms with Gasteiger partial charge in [-0.25, -0.2) is 4.79 Å². The Hall–Kier alpha value is -3.89. The minimum Gasteiger partial charge on any atom is -0.497 e. The minimum absolute atomic E-state index is 0.115. The first kappa shape index (κ1) is 25.7. The highest BCUT2D eigenvalue weighted by molar-refractivity contribution is 5.97. The first-order chi connectivity index (χ1) is 16.7. The average Bonchev–Trinajstić information content (AvgIpc) is 2.83. The number of benzene rings is 2.